The minimum atomic E-state index is -1.13. The molecule has 36 heavy (non-hydrogen) atoms. The van der Waals surface area contributed by atoms with Gasteiger partial charge in [-0.05, 0) is 36.5 Å². The van der Waals surface area contributed by atoms with Gasteiger partial charge in [0, 0.05) is 19.0 Å². The molecule has 2 aromatic rings. The summed E-state index contributed by atoms with van der Waals surface area (Å²) in [6.45, 7) is 8.30. The van der Waals surface area contributed by atoms with Crippen molar-refractivity contribution in [1.29, 1.82) is 0 Å². The van der Waals surface area contributed by atoms with Crippen molar-refractivity contribution in [3.63, 3.8) is 0 Å². The smallest absolute Gasteiger partial charge is 0.322 e. The van der Waals surface area contributed by atoms with E-state index in [1.807, 2.05) is 32.0 Å². The average Bonchev–Trinajstić information content (AvgIpc) is 3.24. The maximum Gasteiger partial charge on any atom is 0.322 e. The normalized spacial score (nSPS) is 12.6. The molecule has 198 valence electrons. The maximum atomic E-state index is 13.3. The van der Waals surface area contributed by atoms with Gasteiger partial charge in [0.15, 0.2) is 5.69 Å². The van der Waals surface area contributed by atoms with Crippen LogP contribution in [0.25, 0.3) is 11.3 Å². The highest BCUT2D eigenvalue weighted by molar-refractivity contribution is 5.94. The van der Waals surface area contributed by atoms with Crippen LogP contribution in [-0.4, -0.2) is 59.5 Å². The van der Waals surface area contributed by atoms with Crippen LogP contribution in [0.3, 0.4) is 0 Å². The fraction of sp³-hybridized carbons (Fsp3) is 0.538. The summed E-state index contributed by atoms with van der Waals surface area (Å²) in [5.74, 6) is -0.265. The van der Waals surface area contributed by atoms with Crippen LogP contribution in [0.15, 0.2) is 24.3 Å². The van der Waals surface area contributed by atoms with Gasteiger partial charge in [-0.1, -0.05) is 40.2 Å². The van der Waals surface area contributed by atoms with Crippen LogP contribution < -0.4 is 20.1 Å². The van der Waals surface area contributed by atoms with Crippen LogP contribution in [-0.2, 0) is 16.1 Å². The molecule has 0 saturated heterocycles. The van der Waals surface area contributed by atoms with Crippen LogP contribution in [0.2, 0.25) is 0 Å². The lowest BCUT2D eigenvalue weighted by atomic mass is 10.0. The third-order valence-corrected chi connectivity index (χ3v) is 5.84. The Bertz CT molecular complexity index is 1030. The quantitative estimate of drug-likeness (QED) is 0.361. The Morgan fingerprint density at radius 1 is 1.11 bits per heavy atom. The van der Waals surface area contributed by atoms with E-state index in [4.69, 9.17) is 14.6 Å². The number of benzene rings is 1. The minimum Gasteiger partial charge on any atom is -0.496 e. The number of rotatable bonds is 14. The first kappa shape index (κ1) is 28.7. The number of nitrogens with one attached hydrogen (secondary N) is 2. The van der Waals surface area contributed by atoms with E-state index in [0.717, 1.165) is 6.42 Å². The Hall–Kier alpha value is -3.56. The Balaban J connectivity index is 2.40. The van der Waals surface area contributed by atoms with Crippen molar-refractivity contribution in [2.24, 2.45) is 11.8 Å². The molecule has 0 radical (unpaired) electrons. The number of amides is 2. The molecular weight excluding hydrogens is 464 g/mol. The molecule has 10 heteroatoms. The van der Waals surface area contributed by atoms with E-state index in [-0.39, 0.29) is 18.0 Å². The molecule has 0 aliphatic rings. The average molecular weight is 503 g/mol. The lowest BCUT2D eigenvalue weighted by Crippen LogP contribution is -2.41. The first-order valence-electron chi connectivity index (χ1n) is 12.2. The third kappa shape index (κ3) is 8.00. The summed E-state index contributed by atoms with van der Waals surface area (Å²) in [7, 11) is 3.15. The zero-order chi connectivity index (χ0) is 26.8. The summed E-state index contributed by atoms with van der Waals surface area (Å²) in [5, 5.41) is 18.7. The largest absolute Gasteiger partial charge is 0.496 e. The zero-order valence-corrected chi connectivity index (χ0v) is 22.0. The number of aromatic nitrogens is 2. The summed E-state index contributed by atoms with van der Waals surface area (Å²) < 4.78 is 13.0. The second-order valence-electron chi connectivity index (χ2n) is 9.32. The maximum absolute atomic E-state index is 13.3. The molecule has 1 aromatic carbocycles. The Morgan fingerprint density at radius 2 is 1.75 bits per heavy atom. The molecule has 0 saturated carbocycles. The number of carboxylic acids is 1. The van der Waals surface area contributed by atoms with Crippen molar-refractivity contribution >= 4 is 17.8 Å². The van der Waals surface area contributed by atoms with Crippen LogP contribution in [0.4, 0.5) is 0 Å². The van der Waals surface area contributed by atoms with E-state index >= 15 is 0 Å². The van der Waals surface area contributed by atoms with Gasteiger partial charge < -0.3 is 25.2 Å². The summed E-state index contributed by atoms with van der Waals surface area (Å²) in [4.78, 5) is 36.3. The summed E-state index contributed by atoms with van der Waals surface area (Å²) in [6.07, 6.45) is 1.46. The van der Waals surface area contributed by atoms with Crippen LogP contribution in [0.5, 0.6) is 11.5 Å². The molecule has 0 bridgehead atoms. The lowest BCUT2D eigenvalue weighted by Gasteiger charge is -2.19. The molecule has 2 amide bonds. The monoisotopic (exact) mass is 502 g/mol. The SMILES string of the molecule is CCC(C)Cn1nc(C(=O)N[C@H](CC(=O)NCC(=O)O)CC(C)C)cc1-c1c(OC)cccc1OC. The summed E-state index contributed by atoms with van der Waals surface area (Å²) in [6, 6.07) is 6.71. The number of hydrogen-bond acceptors (Lipinski definition) is 6. The predicted octanol–water partition coefficient (Wildman–Crippen LogP) is 3.35. The summed E-state index contributed by atoms with van der Waals surface area (Å²) >= 11 is 0. The first-order valence-corrected chi connectivity index (χ1v) is 12.2. The van der Waals surface area contributed by atoms with Gasteiger partial charge in [0.2, 0.25) is 5.91 Å². The van der Waals surface area contributed by atoms with Crippen molar-refractivity contribution in [2.45, 2.75) is 59.5 Å². The lowest BCUT2D eigenvalue weighted by molar-refractivity contribution is -0.138. The van der Waals surface area contributed by atoms with Gasteiger partial charge in [0.1, 0.15) is 18.0 Å². The number of carbonyl (C=O) groups is 3. The molecule has 0 aliphatic heterocycles. The van der Waals surface area contributed by atoms with Crippen molar-refractivity contribution in [2.75, 3.05) is 20.8 Å². The first-order chi connectivity index (χ1) is 17.1. The Kier molecular flexibility index (Phi) is 10.8. The van der Waals surface area contributed by atoms with Gasteiger partial charge in [-0.15, -0.1) is 0 Å². The molecule has 1 aromatic heterocycles. The zero-order valence-electron chi connectivity index (χ0n) is 22.0. The topological polar surface area (TPSA) is 132 Å². The van der Waals surface area contributed by atoms with Crippen molar-refractivity contribution in [1.82, 2.24) is 20.4 Å². The molecule has 3 N–H and O–H groups in total. The van der Waals surface area contributed by atoms with Crippen LogP contribution in [0.1, 0.15) is 57.4 Å². The van der Waals surface area contributed by atoms with Gasteiger partial charge in [-0.3, -0.25) is 19.1 Å². The molecule has 1 heterocycles. The molecule has 0 spiro atoms. The second-order valence-corrected chi connectivity index (χ2v) is 9.32. The van der Waals surface area contributed by atoms with Crippen molar-refractivity contribution < 1.29 is 29.0 Å². The van der Waals surface area contributed by atoms with Gasteiger partial charge in [0.05, 0.1) is 25.5 Å². The van der Waals surface area contributed by atoms with Crippen molar-refractivity contribution in [3.8, 4) is 22.8 Å². The van der Waals surface area contributed by atoms with Crippen molar-refractivity contribution in [3.05, 3.63) is 30.0 Å². The van der Waals surface area contributed by atoms with E-state index in [9.17, 15) is 14.4 Å². The van der Waals surface area contributed by atoms with Gasteiger partial charge in [0.25, 0.3) is 5.91 Å². The Morgan fingerprint density at radius 3 is 2.28 bits per heavy atom. The number of hydrogen-bond donors (Lipinski definition) is 3. The number of aliphatic carboxylic acids is 1. The van der Waals surface area contributed by atoms with E-state index < -0.39 is 30.4 Å². The molecule has 0 fully saturated rings. The van der Waals surface area contributed by atoms with E-state index in [0.29, 0.717) is 41.6 Å². The second kappa shape index (κ2) is 13.5. The number of carboxylic acid groups (broad SMARTS) is 1. The van der Waals surface area contributed by atoms with Gasteiger partial charge in [-0.2, -0.15) is 5.10 Å². The van der Waals surface area contributed by atoms with E-state index in [1.165, 1.54) is 0 Å². The number of methoxy groups -OCH3 is 2. The third-order valence-electron chi connectivity index (χ3n) is 5.84. The predicted molar refractivity (Wildman–Crippen MR) is 136 cm³/mol. The molecule has 2 rings (SSSR count). The molecular formula is C26H38N4O6. The molecule has 2 atom stereocenters. The minimum absolute atomic E-state index is 0.0298. The van der Waals surface area contributed by atoms with E-state index in [1.54, 1.807) is 25.0 Å². The Labute approximate surface area is 212 Å². The van der Waals surface area contributed by atoms with Gasteiger partial charge in [-0.25, -0.2) is 0 Å². The highest BCUT2D eigenvalue weighted by atomic mass is 16.5. The highest BCUT2D eigenvalue weighted by Gasteiger charge is 2.24. The molecule has 0 aliphatic carbocycles. The number of carbonyl (C=O) groups excluding carboxylic acids is 2. The summed E-state index contributed by atoms with van der Waals surface area (Å²) in [5.41, 5.74) is 1.60. The van der Waals surface area contributed by atoms with E-state index in [2.05, 4.69) is 29.6 Å². The fourth-order valence-electron chi connectivity index (χ4n) is 3.89. The molecule has 10 nitrogen and oxygen atoms in total. The fourth-order valence-corrected chi connectivity index (χ4v) is 3.89. The van der Waals surface area contributed by atoms with Crippen LogP contribution >= 0.6 is 0 Å². The van der Waals surface area contributed by atoms with Gasteiger partial charge >= 0.3 is 5.97 Å². The number of ether oxygens (including phenoxy) is 2. The highest BCUT2D eigenvalue weighted by Crippen LogP contribution is 2.39. The standard InChI is InChI=1S/C26H38N4O6/c1-7-17(4)15-30-20(25-21(35-5)9-8-10-22(25)36-6)13-19(29-30)26(34)28-18(11-16(2)3)12-23(31)27-14-24(32)33/h8-10,13,16-18H,7,11-12,14-15H2,1-6H3,(H,27,31)(H,28,34)(H,32,33)/t17?,18-/m0/s1. The molecule has 1 unspecified atom stereocenters. The number of nitrogens with zero attached hydrogens (tertiary/aromatic N) is 2. The van der Waals surface area contributed by atoms with Crippen LogP contribution in [0, 0.1) is 11.8 Å².